The summed E-state index contributed by atoms with van der Waals surface area (Å²) in [6.07, 6.45) is 6.47. The van der Waals surface area contributed by atoms with Gasteiger partial charge in [0.2, 0.25) is 0 Å². The van der Waals surface area contributed by atoms with Crippen LogP contribution in [-0.4, -0.2) is 25.3 Å². The van der Waals surface area contributed by atoms with E-state index in [-0.39, 0.29) is 5.78 Å². The minimum Gasteiger partial charge on any atom is -0.381 e. The molecule has 0 atom stereocenters. The van der Waals surface area contributed by atoms with Crippen LogP contribution in [0, 0.1) is 5.92 Å². The molecule has 4 rings (SSSR count). The minimum absolute atomic E-state index is 0.105. The molecule has 2 N–H and O–H groups in total. The van der Waals surface area contributed by atoms with E-state index in [0.29, 0.717) is 33.2 Å². The van der Waals surface area contributed by atoms with E-state index < -0.39 is 0 Å². The number of nitrogens with zero attached hydrogens (tertiary/aromatic N) is 4. The van der Waals surface area contributed by atoms with E-state index in [1.165, 1.54) is 0 Å². The van der Waals surface area contributed by atoms with Crippen LogP contribution in [-0.2, 0) is 7.05 Å². The molecular formula is C18H17BrClN5O. The molecule has 1 aliphatic carbocycles. The highest BCUT2D eigenvalue weighted by atomic mass is 79.9. The van der Waals surface area contributed by atoms with Crippen LogP contribution in [0.5, 0.6) is 0 Å². The average molecular weight is 435 g/mol. The average Bonchev–Trinajstić information content (AvgIpc) is 3.21. The van der Waals surface area contributed by atoms with E-state index in [2.05, 4.69) is 26.1 Å². The fraction of sp³-hybridized carbons (Fsp3) is 0.278. The zero-order valence-electron chi connectivity index (χ0n) is 14.1. The molecule has 8 heteroatoms. The van der Waals surface area contributed by atoms with Crippen molar-refractivity contribution >= 4 is 39.1 Å². The van der Waals surface area contributed by atoms with Crippen molar-refractivity contribution in [2.45, 2.75) is 19.3 Å². The number of hydrogen-bond donors (Lipinski definition) is 1. The lowest BCUT2D eigenvalue weighted by molar-refractivity contribution is 0.0976. The number of halogens is 2. The number of ketones is 1. The molecule has 26 heavy (non-hydrogen) atoms. The van der Waals surface area contributed by atoms with Gasteiger partial charge in [-0.25, -0.2) is 9.36 Å². The molecule has 134 valence electrons. The Morgan fingerprint density at radius 1 is 1.38 bits per heavy atom. The number of rotatable bonds is 5. The van der Waals surface area contributed by atoms with Gasteiger partial charge in [-0.1, -0.05) is 17.7 Å². The Kier molecular flexibility index (Phi) is 4.36. The van der Waals surface area contributed by atoms with Crippen LogP contribution < -0.4 is 5.73 Å². The lowest BCUT2D eigenvalue weighted by atomic mass is 10.0. The molecule has 0 bridgehead atoms. The smallest absolute Gasteiger partial charge is 0.168 e. The van der Waals surface area contributed by atoms with Crippen LogP contribution in [0.3, 0.4) is 0 Å². The van der Waals surface area contributed by atoms with E-state index in [1.807, 2.05) is 18.3 Å². The number of carbonyl (C=O) groups is 1. The molecule has 2 heterocycles. The summed E-state index contributed by atoms with van der Waals surface area (Å²) in [7, 11) is 1.80. The van der Waals surface area contributed by atoms with Crippen molar-refractivity contribution in [3.8, 4) is 16.9 Å². The Morgan fingerprint density at radius 3 is 2.81 bits per heavy atom. The summed E-state index contributed by atoms with van der Waals surface area (Å²) in [5, 5.41) is 9.08. The Bertz CT molecular complexity index is 1010. The van der Waals surface area contributed by atoms with Gasteiger partial charge >= 0.3 is 0 Å². The molecule has 0 aliphatic heterocycles. The van der Waals surface area contributed by atoms with Gasteiger partial charge in [0.1, 0.15) is 4.47 Å². The second kappa shape index (κ2) is 6.55. The largest absolute Gasteiger partial charge is 0.381 e. The predicted molar refractivity (Wildman–Crippen MR) is 105 cm³/mol. The lowest BCUT2D eigenvalue weighted by Crippen LogP contribution is -2.03. The summed E-state index contributed by atoms with van der Waals surface area (Å²) in [6.45, 7) is 0. The molecule has 1 saturated carbocycles. The first-order valence-corrected chi connectivity index (χ1v) is 9.47. The highest BCUT2D eigenvalue weighted by Crippen LogP contribution is 2.35. The topological polar surface area (TPSA) is 78.7 Å². The first-order valence-electron chi connectivity index (χ1n) is 8.30. The quantitative estimate of drug-likeness (QED) is 0.609. The standard InChI is InChI=1S/C18H17BrClN5O/c1-24-18(16(19)17(21)23-24)25-9-12(8-22-25)11-4-5-14(20)13(7-11)15(26)6-10-2-3-10/h4-5,7-10H,2-3,6H2,1H3,(H2,21,23). The highest BCUT2D eigenvalue weighted by Gasteiger charge is 2.26. The predicted octanol–water partition coefficient (Wildman–Crippen LogP) is 4.25. The van der Waals surface area contributed by atoms with E-state index in [1.54, 1.807) is 28.7 Å². The molecule has 1 aromatic carbocycles. The minimum atomic E-state index is 0.105. The van der Waals surface area contributed by atoms with E-state index >= 15 is 0 Å². The van der Waals surface area contributed by atoms with Crippen molar-refractivity contribution in [3.05, 3.63) is 45.7 Å². The molecule has 3 aromatic rings. The van der Waals surface area contributed by atoms with Gasteiger partial charge in [0.05, 0.1) is 11.2 Å². The number of aryl methyl sites for hydroxylation is 1. The first-order chi connectivity index (χ1) is 12.4. The Labute approximate surface area is 164 Å². The van der Waals surface area contributed by atoms with Gasteiger partial charge in [-0.05, 0) is 52.4 Å². The summed E-state index contributed by atoms with van der Waals surface area (Å²) in [5.41, 5.74) is 8.20. The number of Topliss-reactive ketones (excluding diaryl/α,β-unsaturated/α-hetero) is 1. The van der Waals surface area contributed by atoms with Gasteiger partial charge in [0, 0.05) is 30.8 Å². The van der Waals surface area contributed by atoms with Gasteiger partial charge in [-0.2, -0.15) is 10.2 Å². The van der Waals surface area contributed by atoms with Gasteiger partial charge in [-0.15, -0.1) is 0 Å². The van der Waals surface area contributed by atoms with Gasteiger partial charge in [0.15, 0.2) is 17.4 Å². The fourth-order valence-corrected chi connectivity index (χ4v) is 3.70. The van der Waals surface area contributed by atoms with Gasteiger partial charge < -0.3 is 5.73 Å². The van der Waals surface area contributed by atoms with E-state index in [0.717, 1.165) is 29.8 Å². The van der Waals surface area contributed by atoms with Crippen molar-refractivity contribution in [1.29, 1.82) is 0 Å². The number of nitrogen functional groups attached to an aromatic ring is 1. The molecule has 0 amide bonds. The van der Waals surface area contributed by atoms with Gasteiger partial charge in [0.25, 0.3) is 0 Å². The summed E-state index contributed by atoms with van der Waals surface area (Å²) in [6, 6.07) is 5.51. The third kappa shape index (κ3) is 3.17. The number of benzene rings is 1. The molecular weight excluding hydrogens is 418 g/mol. The van der Waals surface area contributed by atoms with Crippen LogP contribution in [0.25, 0.3) is 16.9 Å². The summed E-state index contributed by atoms with van der Waals surface area (Å²) in [4.78, 5) is 12.5. The monoisotopic (exact) mass is 433 g/mol. The van der Waals surface area contributed by atoms with Gasteiger partial charge in [-0.3, -0.25) is 4.79 Å². The SMILES string of the molecule is Cn1nc(N)c(Br)c1-n1cc(-c2ccc(Cl)c(C(=O)CC3CC3)c2)cn1. The third-order valence-electron chi connectivity index (χ3n) is 4.56. The Hall–Kier alpha value is -2.12. The normalized spacial score (nSPS) is 14.0. The van der Waals surface area contributed by atoms with Crippen LogP contribution in [0.15, 0.2) is 35.1 Å². The summed E-state index contributed by atoms with van der Waals surface area (Å²) in [5.74, 6) is 1.76. The fourth-order valence-electron chi connectivity index (χ4n) is 2.96. The lowest BCUT2D eigenvalue weighted by Gasteiger charge is -2.06. The van der Waals surface area contributed by atoms with E-state index in [4.69, 9.17) is 17.3 Å². The highest BCUT2D eigenvalue weighted by molar-refractivity contribution is 9.10. The third-order valence-corrected chi connectivity index (χ3v) is 5.65. The zero-order chi connectivity index (χ0) is 18.4. The van der Waals surface area contributed by atoms with Crippen molar-refractivity contribution in [2.24, 2.45) is 13.0 Å². The zero-order valence-corrected chi connectivity index (χ0v) is 16.5. The number of carbonyl (C=O) groups excluding carboxylic acids is 1. The number of aromatic nitrogens is 4. The first kappa shape index (κ1) is 17.3. The van der Waals surface area contributed by atoms with Crippen LogP contribution >= 0.6 is 27.5 Å². The maximum absolute atomic E-state index is 12.5. The van der Waals surface area contributed by atoms with Crippen LogP contribution in [0.4, 0.5) is 5.82 Å². The molecule has 0 spiro atoms. The molecule has 1 aliphatic rings. The molecule has 0 radical (unpaired) electrons. The molecule has 0 saturated heterocycles. The van der Waals surface area contributed by atoms with Crippen molar-refractivity contribution < 1.29 is 4.79 Å². The molecule has 0 unspecified atom stereocenters. The van der Waals surface area contributed by atoms with Crippen molar-refractivity contribution in [1.82, 2.24) is 19.6 Å². The second-order valence-corrected chi connectivity index (χ2v) is 7.79. The molecule has 6 nitrogen and oxygen atoms in total. The maximum atomic E-state index is 12.5. The van der Waals surface area contributed by atoms with Crippen LogP contribution in [0.2, 0.25) is 5.02 Å². The number of nitrogens with two attached hydrogens (primary N) is 1. The Morgan fingerprint density at radius 2 is 2.15 bits per heavy atom. The second-order valence-electron chi connectivity index (χ2n) is 6.59. The maximum Gasteiger partial charge on any atom is 0.168 e. The van der Waals surface area contributed by atoms with E-state index in [9.17, 15) is 4.79 Å². The molecule has 1 fully saturated rings. The summed E-state index contributed by atoms with van der Waals surface area (Å²) < 4.78 is 4.04. The number of anilines is 1. The number of hydrogen-bond acceptors (Lipinski definition) is 4. The Balaban J connectivity index is 1.68. The molecule has 2 aromatic heterocycles. The van der Waals surface area contributed by atoms with Crippen molar-refractivity contribution in [3.63, 3.8) is 0 Å². The summed E-state index contributed by atoms with van der Waals surface area (Å²) >= 11 is 9.70. The van der Waals surface area contributed by atoms with Crippen molar-refractivity contribution in [2.75, 3.05) is 5.73 Å². The van der Waals surface area contributed by atoms with Crippen LogP contribution in [0.1, 0.15) is 29.6 Å².